The van der Waals surface area contributed by atoms with E-state index in [9.17, 15) is 4.79 Å². The topological polar surface area (TPSA) is 45.2 Å². The molecule has 0 spiro atoms. The summed E-state index contributed by atoms with van der Waals surface area (Å²) < 4.78 is 1.14. The van der Waals surface area contributed by atoms with Crippen molar-refractivity contribution in [3.05, 3.63) is 71.2 Å². The van der Waals surface area contributed by atoms with Crippen molar-refractivity contribution in [2.75, 3.05) is 13.1 Å². The maximum absolute atomic E-state index is 12.3. The Bertz CT molecular complexity index is 917. The molecule has 4 rings (SSSR count). The second-order valence-electron chi connectivity index (χ2n) is 6.93. The number of carbonyl (C=O) groups is 1. The van der Waals surface area contributed by atoms with Gasteiger partial charge in [-0.2, -0.15) is 0 Å². The van der Waals surface area contributed by atoms with Crippen molar-refractivity contribution in [2.24, 2.45) is 0 Å². The molecule has 1 aromatic heterocycles. The van der Waals surface area contributed by atoms with Crippen molar-refractivity contribution < 1.29 is 4.79 Å². The van der Waals surface area contributed by atoms with E-state index in [0.717, 1.165) is 34.7 Å². The number of amides is 1. The van der Waals surface area contributed by atoms with Gasteiger partial charge in [0.05, 0.1) is 10.2 Å². The summed E-state index contributed by atoms with van der Waals surface area (Å²) in [5.41, 5.74) is 2.30. The van der Waals surface area contributed by atoms with E-state index in [1.807, 2.05) is 30.3 Å². The lowest BCUT2D eigenvalue weighted by Crippen LogP contribution is -2.36. The fraction of sp³-hybridized carbons (Fsp3) is 0.273. The summed E-state index contributed by atoms with van der Waals surface area (Å²) in [5, 5.41) is 3.99. The predicted molar refractivity (Wildman–Crippen MR) is 112 cm³/mol. The maximum Gasteiger partial charge on any atom is 0.244 e. The van der Waals surface area contributed by atoms with Crippen molar-refractivity contribution in [1.82, 2.24) is 15.2 Å². The van der Waals surface area contributed by atoms with Gasteiger partial charge in [-0.15, -0.1) is 11.3 Å². The highest BCUT2D eigenvalue weighted by Gasteiger charge is 2.27. The van der Waals surface area contributed by atoms with Crippen molar-refractivity contribution >= 4 is 33.5 Å². The zero-order valence-electron chi connectivity index (χ0n) is 15.3. The molecule has 0 aliphatic carbocycles. The zero-order valence-corrected chi connectivity index (χ0v) is 16.2. The van der Waals surface area contributed by atoms with Crippen molar-refractivity contribution in [3.63, 3.8) is 0 Å². The lowest BCUT2D eigenvalue weighted by Gasteiger charge is -2.24. The van der Waals surface area contributed by atoms with Crippen LogP contribution in [0.15, 0.2) is 60.7 Å². The second kappa shape index (κ2) is 8.03. The molecular formula is C22H23N3OS. The molecule has 2 unspecified atom stereocenters. The van der Waals surface area contributed by atoms with Crippen LogP contribution >= 0.6 is 11.3 Å². The Morgan fingerprint density at radius 2 is 2.00 bits per heavy atom. The first-order valence-electron chi connectivity index (χ1n) is 9.32. The number of hydrogen-bond acceptors (Lipinski definition) is 4. The highest BCUT2D eigenvalue weighted by atomic mass is 32.1. The summed E-state index contributed by atoms with van der Waals surface area (Å²) in [6.07, 6.45) is 4.39. The number of rotatable bonds is 5. The number of carbonyl (C=O) groups excluding carboxylic acids is 1. The van der Waals surface area contributed by atoms with Gasteiger partial charge in [-0.05, 0) is 37.1 Å². The fourth-order valence-electron chi connectivity index (χ4n) is 3.56. The molecule has 1 saturated heterocycles. The summed E-state index contributed by atoms with van der Waals surface area (Å²) in [6, 6.07) is 19.1. The SMILES string of the molecule is CC(c1ccccc1)N1CCC(NC(=O)/C=C/c2nc3ccccc3s2)C1. The molecule has 1 aliphatic rings. The van der Waals surface area contributed by atoms with E-state index in [2.05, 4.69) is 46.4 Å². The third-order valence-electron chi connectivity index (χ3n) is 5.08. The Balaban J connectivity index is 1.32. The van der Waals surface area contributed by atoms with Gasteiger partial charge in [0.1, 0.15) is 5.01 Å². The molecule has 4 nitrogen and oxygen atoms in total. The van der Waals surface area contributed by atoms with Gasteiger partial charge in [0.25, 0.3) is 0 Å². The zero-order chi connectivity index (χ0) is 18.6. The largest absolute Gasteiger partial charge is 0.348 e. The van der Waals surface area contributed by atoms with Crippen molar-refractivity contribution in [3.8, 4) is 0 Å². The van der Waals surface area contributed by atoms with E-state index >= 15 is 0 Å². The van der Waals surface area contributed by atoms with Crippen LogP contribution in [0.5, 0.6) is 0 Å². The van der Waals surface area contributed by atoms with Gasteiger partial charge < -0.3 is 5.32 Å². The molecule has 5 heteroatoms. The number of nitrogens with one attached hydrogen (secondary N) is 1. The standard InChI is InChI=1S/C22H23N3OS/c1-16(17-7-3-2-4-8-17)25-14-13-18(15-25)23-21(26)11-12-22-24-19-9-5-6-10-20(19)27-22/h2-12,16,18H,13-15H2,1H3,(H,23,26)/b12-11+. The average Bonchev–Trinajstić information content (AvgIpc) is 3.33. The van der Waals surface area contributed by atoms with Gasteiger partial charge in [-0.1, -0.05) is 42.5 Å². The highest BCUT2D eigenvalue weighted by molar-refractivity contribution is 7.19. The number of fused-ring (bicyclic) bond motifs is 1. The van der Waals surface area contributed by atoms with E-state index in [4.69, 9.17) is 0 Å². The third-order valence-corrected chi connectivity index (χ3v) is 6.09. The van der Waals surface area contributed by atoms with Crippen molar-refractivity contribution in [2.45, 2.75) is 25.4 Å². The van der Waals surface area contributed by atoms with Gasteiger partial charge in [0, 0.05) is 31.2 Å². The predicted octanol–water partition coefficient (Wildman–Crippen LogP) is 4.26. The molecule has 1 amide bonds. The number of likely N-dealkylation sites (tertiary alicyclic amines) is 1. The van der Waals surface area contributed by atoms with E-state index in [0.29, 0.717) is 6.04 Å². The van der Waals surface area contributed by atoms with Crippen LogP contribution in [0.3, 0.4) is 0 Å². The number of para-hydroxylation sites is 1. The van der Waals surface area contributed by atoms with Gasteiger partial charge in [0.2, 0.25) is 5.91 Å². The number of hydrogen-bond donors (Lipinski definition) is 1. The average molecular weight is 378 g/mol. The van der Waals surface area contributed by atoms with E-state index in [1.165, 1.54) is 5.56 Å². The fourth-order valence-corrected chi connectivity index (χ4v) is 4.43. The number of aromatic nitrogens is 1. The van der Waals surface area contributed by atoms with E-state index in [-0.39, 0.29) is 11.9 Å². The highest BCUT2D eigenvalue weighted by Crippen LogP contribution is 2.25. The minimum atomic E-state index is -0.0477. The molecule has 2 atom stereocenters. The summed E-state index contributed by atoms with van der Waals surface area (Å²) >= 11 is 1.60. The van der Waals surface area contributed by atoms with E-state index < -0.39 is 0 Å². The molecule has 1 fully saturated rings. The van der Waals surface area contributed by atoms with Crippen LogP contribution in [0.2, 0.25) is 0 Å². The summed E-state index contributed by atoms with van der Waals surface area (Å²) in [5.74, 6) is -0.0477. The first kappa shape index (κ1) is 17.9. The first-order chi connectivity index (χ1) is 13.2. The lowest BCUT2D eigenvalue weighted by atomic mass is 10.1. The smallest absolute Gasteiger partial charge is 0.244 e. The summed E-state index contributed by atoms with van der Waals surface area (Å²) in [7, 11) is 0. The summed E-state index contributed by atoms with van der Waals surface area (Å²) in [4.78, 5) is 19.3. The molecule has 27 heavy (non-hydrogen) atoms. The quantitative estimate of drug-likeness (QED) is 0.676. The molecule has 1 aliphatic heterocycles. The lowest BCUT2D eigenvalue weighted by molar-refractivity contribution is -0.117. The first-order valence-corrected chi connectivity index (χ1v) is 10.1. The van der Waals surface area contributed by atoms with Crippen LogP contribution < -0.4 is 5.32 Å². The van der Waals surface area contributed by atoms with Crippen molar-refractivity contribution in [1.29, 1.82) is 0 Å². The van der Waals surface area contributed by atoms with Crippen LogP contribution in [0.25, 0.3) is 16.3 Å². The van der Waals surface area contributed by atoms with Gasteiger partial charge in [-0.3, -0.25) is 9.69 Å². The monoisotopic (exact) mass is 377 g/mol. The van der Waals surface area contributed by atoms with Crippen LogP contribution in [0.4, 0.5) is 0 Å². The molecular weight excluding hydrogens is 354 g/mol. The maximum atomic E-state index is 12.3. The molecule has 2 heterocycles. The van der Waals surface area contributed by atoms with E-state index in [1.54, 1.807) is 23.5 Å². The molecule has 0 saturated carbocycles. The Hall–Kier alpha value is -2.50. The molecule has 1 N–H and O–H groups in total. The molecule has 0 bridgehead atoms. The Morgan fingerprint density at radius 1 is 1.22 bits per heavy atom. The van der Waals surface area contributed by atoms with Crippen LogP contribution in [0, 0.1) is 0 Å². The second-order valence-corrected chi connectivity index (χ2v) is 7.99. The molecule has 138 valence electrons. The normalized spacial score (nSPS) is 18.9. The van der Waals surface area contributed by atoms with Crippen LogP contribution in [0.1, 0.15) is 30.0 Å². The minimum absolute atomic E-state index is 0.0477. The summed E-state index contributed by atoms with van der Waals surface area (Å²) in [6.45, 7) is 4.12. The molecule has 0 radical (unpaired) electrons. The van der Waals surface area contributed by atoms with Crippen LogP contribution in [-0.2, 0) is 4.79 Å². The van der Waals surface area contributed by atoms with Gasteiger partial charge in [-0.25, -0.2) is 4.98 Å². The number of benzene rings is 2. The Kier molecular flexibility index (Phi) is 5.32. The van der Waals surface area contributed by atoms with Gasteiger partial charge >= 0.3 is 0 Å². The number of thiazole rings is 1. The Labute approximate surface area is 163 Å². The van der Waals surface area contributed by atoms with Gasteiger partial charge in [0.15, 0.2) is 0 Å². The third kappa shape index (κ3) is 4.26. The molecule has 3 aromatic rings. The minimum Gasteiger partial charge on any atom is -0.348 e. The van der Waals surface area contributed by atoms with Crippen LogP contribution in [-0.4, -0.2) is 34.9 Å². The molecule has 2 aromatic carbocycles. The number of nitrogens with zero attached hydrogens (tertiary/aromatic N) is 2. The Morgan fingerprint density at radius 3 is 2.81 bits per heavy atom.